The molecule has 0 aliphatic carbocycles. The van der Waals surface area contributed by atoms with E-state index in [4.69, 9.17) is 4.74 Å². The first-order valence-electron chi connectivity index (χ1n) is 5.95. The fraction of sp³-hybridized carbons (Fsp3) is 0.462. The highest BCUT2D eigenvalue weighted by atomic mass is 79.9. The SMILES string of the molecule is COc1ccc(Br)c(C(=O)N(C)[C@@H]2CCNC2)c1. The summed E-state index contributed by atoms with van der Waals surface area (Å²) in [6, 6.07) is 5.71. The van der Waals surface area contributed by atoms with Crippen LogP contribution in [0.3, 0.4) is 0 Å². The third-order valence-corrected chi connectivity index (χ3v) is 4.00. The second-order valence-electron chi connectivity index (χ2n) is 4.41. The first-order chi connectivity index (χ1) is 8.63. The molecule has 1 atom stereocenters. The molecule has 1 aromatic carbocycles. The molecular weight excluding hydrogens is 296 g/mol. The van der Waals surface area contributed by atoms with E-state index in [2.05, 4.69) is 21.2 Å². The molecule has 1 aromatic rings. The predicted molar refractivity (Wildman–Crippen MR) is 74.1 cm³/mol. The number of rotatable bonds is 3. The zero-order valence-corrected chi connectivity index (χ0v) is 12.2. The van der Waals surface area contributed by atoms with Gasteiger partial charge in [-0.1, -0.05) is 0 Å². The number of methoxy groups -OCH3 is 1. The molecule has 5 heteroatoms. The summed E-state index contributed by atoms with van der Waals surface area (Å²) in [6.45, 7) is 1.84. The minimum Gasteiger partial charge on any atom is -0.497 e. The van der Waals surface area contributed by atoms with Gasteiger partial charge in [0.05, 0.1) is 12.7 Å². The minimum absolute atomic E-state index is 0.0227. The fourth-order valence-electron chi connectivity index (χ4n) is 2.12. The predicted octanol–water partition coefficient (Wildman–Crippen LogP) is 1.89. The molecule has 1 saturated heterocycles. The number of amides is 1. The quantitative estimate of drug-likeness (QED) is 0.926. The Bertz CT molecular complexity index is 445. The number of benzene rings is 1. The number of halogens is 1. The summed E-state index contributed by atoms with van der Waals surface area (Å²) in [5.74, 6) is 0.717. The normalized spacial score (nSPS) is 18.7. The summed E-state index contributed by atoms with van der Waals surface area (Å²) in [6.07, 6.45) is 1.00. The summed E-state index contributed by atoms with van der Waals surface area (Å²) in [5, 5.41) is 3.27. The van der Waals surface area contributed by atoms with Gasteiger partial charge in [-0.15, -0.1) is 0 Å². The molecule has 1 amide bonds. The topological polar surface area (TPSA) is 41.6 Å². The zero-order chi connectivity index (χ0) is 13.1. The van der Waals surface area contributed by atoms with Crippen molar-refractivity contribution in [2.45, 2.75) is 12.5 Å². The van der Waals surface area contributed by atoms with E-state index >= 15 is 0 Å². The number of carbonyl (C=O) groups is 1. The van der Waals surface area contributed by atoms with E-state index in [1.54, 1.807) is 18.1 Å². The Morgan fingerprint density at radius 1 is 1.56 bits per heavy atom. The van der Waals surface area contributed by atoms with E-state index in [0.29, 0.717) is 11.3 Å². The third kappa shape index (κ3) is 2.67. The lowest BCUT2D eigenvalue weighted by atomic mass is 10.1. The van der Waals surface area contributed by atoms with Crippen molar-refractivity contribution in [1.29, 1.82) is 0 Å². The van der Waals surface area contributed by atoms with Crippen LogP contribution in [0.5, 0.6) is 5.75 Å². The van der Waals surface area contributed by atoms with Crippen molar-refractivity contribution in [2.75, 3.05) is 27.2 Å². The van der Waals surface area contributed by atoms with Crippen LogP contribution < -0.4 is 10.1 Å². The summed E-state index contributed by atoms with van der Waals surface area (Å²) in [4.78, 5) is 14.2. The zero-order valence-electron chi connectivity index (χ0n) is 10.6. The van der Waals surface area contributed by atoms with Crippen LogP contribution in [0.4, 0.5) is 0 Å². The number of nitrogens with zero attached hydrogens (tertiary/aromatic N) is 1. The average Bonchev–Trinajstić information content (AvgIpc) is 2.91. The molecule has 98 valence electrons. The van der Waals surface area contributed by atoms with Gasteiger partial charge in [-0.05, 0) is 47.1 Å². The Morgan fingerprint density at radius 3 is 2.94 bits per heavy atom. The molecule has 0 unspecified atom stereocenters. The summed E-state index contributed by atoms with van der Waals surface area (Å²) < 4.78 is 5.96. The molecular formula is C13H17BrN2O2. The standard InChI is InChI=1S/C13H17BrN2O2/c1-16(9-5-6-15-8-9)13(17)11-7-10(18-2)3-4-12(11)14/h3-4,7,9,15H,5-6,8H2,1-2H3/t9-/m1/s1. The van der Waals surface area contributed by atoms with Crippen LogP contribution in [0.25, 0.3) is 0 Å². The van der Waals surface area contributed by atoms with Gasteiger partial charge in [0.2, 0.25) is 0 Å². The third-order valence-electron chi connectivity index (χ3n) is 3.31. The van der Waals surface area contributed by atoms with Gasteiger partial charge in [-0.2, -0.15) is 0 Å². The largest absolute Gasteiger partial charge is 0.497 e. The van der Waals surface area contributed by atoms with Crippen LogP contribution in [0, 0.1) is 0 Å². The smallest absolute Gasteiger partial charge is 0.255 e. The maximum Gasteiger partial charge on any atom is 0.255 e. The van der Waals surface area contributed by atoms with Crippen LogP contribution >= 0.6 is 15.9 Å². The van der Waals surface area contributed by atoms with Crippen molar-refractivity contribution >= 4 is 21.8 Å². The van der Waals surface area contributed by atoms with Crippen molar-refractivity contribution in [3.63, 3.8) is 0 Å². The van der Waals surface area contributed by atoms with Crippen LogP contribution in [-0.2, 0) is 0 Å². The number of nitrogens with one attached hydrogen (secondary N) is 1. The molecule has 1 N–H and O–H groups in total. The van der Waals surface area contributed by atoms with Crippen LogP contribution in [0.1, 0.15) is 16.8 Å². The van der Waals surface area contributed by atoms with Crippen molar-refractivity contribution in [3.05, 3.63) is 28.2 Å². The highest BCUT2D eigenvalue weighted by Gasteiger charge is 2.25. The lowest BCUT2D eigenvalue weighted by Crippen LogP contribution is -2.38. The monoisotopic (exact) mass is 312 g/mol. The lowest BCUT2D eigenvalue weighted by molar-refractivity contribution is 0.0742. The molecule has 18 heavy (non-hydrogen) atoms. The van der Waals surface area contributed by atoms with Gasteiger partial charge in [-0.3, -0.25) is 4.79 Å². The van der Waals surface area contributed by atoms with Gasteiger partial charge in [0.25, 0.3) is 5.91 Å². The Labute approximate surface area is 115 Å². The fourth-order valence-corrected chi connectivity index (χ4v) is 2.54. The van der Waals surface area contributed by atoms with E-state index < -0.39 is 0 Å². The van der Waals surface area contributed by atoms with Gasteiger partial charge >= 0.3 is 0 Å². The first-order valence-corrected chi connectivity index (χ1v) is 6.74. The molecule has 1 aliphatic heterocycles. The van der Waals surface area contributed by atoms with Gasteiger partial charge in [-0.25, -0.2) is 0 Å². The lowest BCUT2D eigenvalue weighted by Gasteiger charge is -2.24. The Morgan fingerprint density at radius 2 is 2.33 bits per heavy atom. The molecule has 0 bridgehead atoms. The molecule has 0 spiro atoms. The van der Waals surface area contributed by atoms with Gasteiger partial charge < -0.3 is 15.0 Å². The van der Waals surface area contributed by atoms with E-state index in [0.717, 1.165) is 24.0 Å². The molecule has 0 saturated carbocycles. The maximum absolute atomic E-state index is 12.4. The second-order valence-corrected chi connectivity index (χ2v) is 5.26. The maximum atomic E-state index is 12.4. The highest BCUT2D eigenvalue weighted by molar-refractivity contribution is 9.10. The van der Waals surface area contributed by atoms with Crippen molar-refractivity contribution in [2.24, 2.45) is 0 Å². The molecule has 0 radical (unpaired) electrons. The minimum atomic E-state index is 0.0227. The summed E-state index contributed by atoms with van der Waals surface area (Å²) in [5.41, 5.74) is 0.642. The Balaban J connectivity index is 2.21. The van der Waals surface area contributed by atoms with E-state index in [9.17, 15) is 4.79 Å². The van der Waals surface area contributed by atoms with Crippen LogP contribution in [0.15, 0.2) is 22.7 Å². The number of ether oxygens (including phenoxy) is 1. The summed E-state index contributed by atoms with van der Waals surface area (Å²) >= 11 is 3.42. The number of hydrogen-bond acceptors (Lipinski definition) is 3. The number of likely N-dealkylation sites (N-methyl/N-ethyl adjacent to an activating group) is 1. The van der Waals surface area contributed by atoms with Gasteiger partial charge in [0.1, 0.15) is 5.75 Å². The Hall–Kier alpha value is -1.07. The molecule has 0 aromatic heterocycles. The van der Waals surface area contributed by atoms with Crippen molar-refractivity contribution in [1.82, 2.24) is 10.2 Å². The highest BCUT2D eigenvalue weighted by Crippen LogP contribution is 2.24. The number of hydrogen-bond donors (Lipinski definition) is 1. The molecule has 1 fully saturated rings. The van der Waals surface area contributed by atoms with E-state index in [-0.39, 0.29) is 11.9 Å². The van der Waals surface area contributed by atoms with Gasteiger partial charge in [0, 0.05) is 24.1 Å². The van der Waals surface area contributed by atoms with E-state index in [1.807, 2.05) is 19.2 Å². The molecule has 4 nitrogen and oxygen atoms in total. The average molecular weight is 313 g/mol. The van der Waals surface area contributed by atoms with Crippen molar-refractivity contribution < 1.29 is 9.53 Å². The molecule has 2 rings (SSSR count). The van der Waals surface area contributed by atoms with Gasteiger partial charge in [0.15, 0.2) is 0 Å². The van der Waals surface area contributed by atoms with Crippen LogP contribution in [-0.4, -0.2) is 44.1 Å². The first kappa shape index (κ1) is 13.4. The molecule has 1 heterocycles. The van der Waals surface area contributed by atoms with E-state index in [1.165, 1.54) is 0 Å². The Kier molecular flexibility index (Phi) is 4.24. The van der Waals surface area contributed by atoms with Crippen LogP contribution in [0.2, 0.25) is 0 Å². The summed E-state index contributed by atoms with van der Waals surface area (Å²) in [7, 11) is 3.45. The molecule has 1 aliphatic rings. The second kappa shape index (κ2) is 5.71. The van der Waals surface area contributed by atoms with Crippen molar-refractivity contribution in [3.8, 4) is 5.75 Å². The number of carbonyl (C=O) groups excluding carboxylic acids is 1.